The molecule has 3 nitrogen and oxygen atoms in total. The van der Waals surface area contributed by atoms with Crippen molar-refractivity contribution in [1.82, 2.24) is 4.90 Å². The Bertz CT molecular complexity index is 456. The van der Waals surface area contributed by atoms with E-state index < -0.39 is 0 Å². The van der Waals surface area contributed by atoms with Crippen LogP contribution in [-0.2, 0) is 0 Å². The third-order valence-corrected chi connectivity index (χ3v) is 4.78. The molecule has 1 heterocycles. The molecule has 1 aliphatic rings. The fourth-order valence-corrected chi connectivity index (χ4v) is 3.14. The molecule has 2 rings (SSSR count). The van der Waals surface area contributed by atoms with Gasteiger partial charge in [0.15, 0.2) is 0 Å². The first-order valence-electron chi connectivity index (χ1n) is 7.31. The van der Waals surface area contributed by atoms with Gasteiger partial charge >= 0.3 is 0 Å². The topological polar surface area (TPSA) is 38.5 Å². The maximum absolute atomic E-state index is 6.54. The van der Waals surface area contributed by atoms with E-state index in [1.807, 2.05) is 18.2 Å². The molecular formula is C16H25ClN2O. The van der Waals surface area contributed by atoms with Gasteiger partial charge in [-0.15, -0.1) is 0 Å². The first kappa shape index (κ1) is 15.6. The van der Waals surface area contributed by atoms with Crippen molar-refractivity contribution in [2.75, 3.05) is 20.2 Å². The van der Waals surface area contributed by atoms with Gasteiger partial charge < -0.3 is 10.5 Å². The molecule has 0 aromatic heterocycles. The zero-order chi connectivity index (χ0) is 14.8. The average molecular weight is 297 g/mol. The molecule has 1 unspecified atom stereocenters. The Morgan fingerprint density at radius 3 is 2.50 bits per heavy atom. The molecule has 1 aromatic rings. The quantitative estimate of drug-likeness (QED) is 0.922. The first-order valence-corrected chi connectivity index (χ1v) is 7.68. The van der Waals surface area contributed by atoms with Gasteiger partial charge in [0.25, 0.3) is 0 Å². The van der Waals surface area contributed by atoms with E-state index in [4.69, 9.17) is 22.1 Å². The molecule has 0 spiro atoms. The van der Waals surface area contributed by atoms with Crippen LogP contribution in [0.3, 0.4) is 0 Å². The van der Waals surface area contributed by atoms with E-state index in [1.165, 1.54) is 19.3 Å². The van der Waals surface area contributed by atoms with Crippen molar-refractivity contribution in [3.8, 4) is 5.75 Å². The number of nitrogens with zero attached hydrogens (tertiary/aromatic N) is 1. The summed E-state index contributed by atoms with van der Waals surface area (Å²) in [6.07, 6.45) is 3.86. The average Bonchev–Trinajstić information content (AvgIpc) is 2.48. The number of rotatable bonds is 4. The molecule has 2 N–H and O–H groups in total. The first-order chi connectivity index (χ1) is 9.46. The Morgan fingerprint density at radius 2 is 1.90 bits per heavy atom. The summed E-state index contributed by atoms with van der Waals surface area (Å²) in [5.41, 5.74) is 7.54. The molecule has 112 valence electrons. The van der Waals surface area contributed by atoms with Crippen molar-refractivity contribution in [2.24, 2.45) is 5.73 Å². The second-order valence-corrected chi connectivity index (χ2v) is 6.48. The highest BCUT2D eigenvalue weighted by molar-refractivity contribution is 6.32. The van der Waals surface area contributed by atoms with Gasteiger partial charge in [0, 0.05) is 11.6 Å². The van der Waals surface area contributed by atoms with E-state index >= 15 is 0 Å². The van der Waals surface area contributed by atoms with E-state index in [9.17, 15) is 0 Å². The van der Waals surface area contributed by atoms with Gasteiger partial charge in [-0.25, -0.2) is 0 Å². The predicted octanol–water partition coefficient (Wildman–Crippen LogP) is 3.61. The van der Waals surface area contributed by atoms with Crippen LogP contribution in [0, 0.1) is 0 Å². The van der Waals surface area contributed by atoms with Crippen LogP contribution in [0.2, 0.25) is 5.02 Å². The van der Waals surface area contributed by atoms with Gasteiger partial charge in [-0.2, -0.15) is 0 Å². The Labute approximate surface area is 127 Å². The van der Waals surface area contributed by atoms with E-state index in [2.05, 4.69) is 18.7 Å². The lowest BCUT2D eigenvalue weighted by Gasteiger charge is -2.44. The van der Waals surface area contributed by atoms with Crippen LogP contribution < -0.4 is 10.5 Å². The fraction of sp³-hybridized carbons (Fsp3) is 0.625. The third-order valence-electron chi connectivity index (χ3n) is 4.47. The lowest BCUT2D eigenvalue weighted by molar-refractivity contribution is 0.0729. The number of hydrogen-bond acceptors (Lipinski definition) is 3. The normalized spacial score (nSPS) is 18.9. The highest BCUT2D eigenvalue weighted by atomic mass is 35.5. The highest BCUT2D eigenvalue weighted by Gasteiger charge is 2.34. The molecule has 1 aliphatic heterocycles. The Morgan fingerprint density at radius 1 is 1.25 bits per heavy atom. The molecule has 0 aliphatic carbocycles. The molecule has 1 saturated heterocycles. The van der Waals surface area contributed by atoms with Crippen molar-refractivity contribution in [2.45, 2.75) is 44.7 Å². The molecule has 1 atom stereocenters. The summed E-state index contributed by atoms with van der Waals surface area (Å²) in [6, 6.07) is 5.76. The molecule has 4 heteroatoms. The van der Waals surface area contributed by atoms with Gasteiger partial charge in [-0.3, -0.25) is 4.90 Å². The number of ether oxygens (including phenoxy) is 1. The van der Waals surface area contributed by atoms with Gasteiger partial charge in [0.2, 0.25) is 0 Å². The molecule has 1 fully saturated rings. The largest absolute Gasteiger partial charge is 0.495 e. The van der Waals surface area contributed by atoms with Crippen LogP contribution in [0.4, 0.5) is 0 Å². The number of likely N-dealkylation sites (tertiary alicyclic amines) is 1. The Kier molecular flexibility index (Phi) is 4.95. The SMILES string of the molecule is COc1cc(C(N)C(C)(C)N2CCCCC2)ccc1Cl. The van der Waals surface area contributed by atoms with Gasteiger partial charge in [0.05, 0.1) is 12.1 Å². The van der Waals surface area contributed by atoms with E-state index in [-0.39, 0.29) is 11.6 Å². The monoisotopic (exact) mass is 296 g/mol. The summed E-state index contributed by atoms with van der Waals surface area (Å²) in [7, 11) is 1.63. The predicted molar refractivity (Wildman–Crippen MR) is 84.4 cm³/mol. The molecule has 0 amide bonds. The van der Waals surface area contributed by atoms with Gasteiger partial charge in [-0.05, 0) is 57.5 Å². The van der Waals surface area contributed by atoms with Crippen molar-refractivity contribution >= 4 is 11.6 Å². The zero-order valence-electron chi connectivity index (χ0n) is 12.7. The van der Waals surface area contributed by atoms with Crippen molar-refractivity contribution < 1.29 is 4.74 Å². The minimum absolute atomic E-state index is 0.0632. The van der Waals surface area contributed by atoms with Crippen molar-refractivity contribution in [3.05, 3.63) is 28.8 Å². The third kappa shape index (κ3) is 3.11. The van der Waals surface area contributed by atoms with Gasteiger partial charge in [-0.1, -0.05) is 24.1 Å². The molecule has 1 aromatic carbocycles. The lowest BCUT2D eigenvalue weighted by Crippen LogP contribution is -2.53. The lowest BCUT2D eigenvalue weighted by atomic mass is 9.86. The summed E-state index contributed by atoms with van der Waals surface area (Å²) in [5.74, 6) is 0.689. The molecule has 20 heavy (non-hydrogen) atoms. The summed E-state index contributed by atoms with van der Waals surface area (Å²) >= 11 is 6.09. The Hall–Kier alpha value is -0.770. The van der Waals surface area contributed by atoms with E-state index in [1.54, 1.807) is 7.11 Å². The van der Waals surface area contributed by atoms with Crippen LogP contribution in [0.15, 0.2) is 18.2 Å². The number of methoxy groups -OCH3 is 1. The smallest absolute Gasteiger partial charge is 0.137 e. The van der Waals surface area contributed by atoms with Crippen LogP contribution in [0.25, 0.3) is 0 Å². The number of piperidine rings is 1. The summed E-state index contributed by atoms with van der Waals surface area (Å²) < 4.78 is 5.29. The maximum Gasteiger partial charge on any atom is 0.137 e. The number of hydrogen-bond donors (Lipinski definition) is 1. The second-order valence-electron chi connectivity index (χ2n) is 6.07. The second kappa shape index (κ2) is 6.33. The molecule has 0 bridgehead atoms. The summed E-state index contributed by atoms with van der Waals surface area (Å²) in [5, 5.41) is 0.624. The highest BCUT2D eigenvalue weighted by Crippen LogP contribution is 2.34. The Balaban J connectivity index is 2.22. The van der Waals surface area contributed by atoms with Crippen molar-refractivity contribution in [1.29, 1.82) is 0 Å². The molecule has 0 saturated carbocycles. The summed E-state index contributed by atoms with van der Waals surface area (Å²) in [6.45, 7) is 6.71. The minimum Gasteiger partial charge on any atom is -0.495 e. The van der Waals surface area contributed by atoms with Crippen LogP contribution in [0.5, 0.6) is 5.75 Å². The van der Waals surface area contributed by atoms with Crippen LogP contribution in [0.1, 0.15) is 44.7 Å². The number of halogens is 1. The minimum atomic E-state index is -0.0702. The number of nitrogens with two attached hydrogens (primary N) is 1. The standard InChI is InChI=1S/C16H25ClN2O/c1-16(2,19-9-5-4-6-10-19)15(18)12-7-8-13(17)14(11-12)20-3/h7-8,11,15H,4-6,9-10,18H2,1-3H3. The summed E-state index contributed by atoms with van der Waals surface area (Å²) in [4.78, 5) is 2.50. The van der Waals surface area contributed by atoms with Crippen LogP contribution >= 0.6 is 11.6 Å². The van der Waals surface area contributed by atoms with Gasteiger partial charge in [0.1, 0.15) is 5.75 Å². The van der Waals surface area contributed by atoms with Crippen molar-refractivity contribution in [3.63, 3.8) is 0 Å². The number of benzene rings is 1. The maximum atomic E-state index is 6.54. The van der Waals surface area contributed by atoms with E-state index in [0.29, 0.717) is 10.8 Å². The molecule has 0 radical (unpaired) electrons. The fourth-order valence-electron chi connectivity index (χ4n) is 2.94. The molecular weight excluding hydrogens is 272 g/mol. The zero-order valence-corrected chi connectivity index (χ0v) is 13.4. The van der Waals surface area contributed by atoms with E-state index in [0.717, 1.165) is 18.7 Å². The van der Waals surface area contributed by atoms with Crippen LogP contribution in [-0.4, -0.2) is 30.6 Å².